The van der Waals surface area contributed by atoms with Gasteiger partial charge in [-0.2, -0.15) is 22.7 Å². The normalized spacial score (nSPS) is 11.0. The lowest BCUT2D eigenvalue weighted by molar-refractivity contribution is -0.149. The maximum absolute atomic E-state index is 12.0. The molecule has 2 rings (SSSR count). The Morgan fingerprint density at radius 1 is 1.00 bits per heavy atom. The summed E-state index contributed by atoms with van der Waals surface area (Å²) in [6, 6.07) is 3.21. The zero-order valence-electron chi connectivity index (χ0n) is 12.0. The lowest BCUT2D eigenvalue weighted by Crippen LogP contribution is -2.34. The van der Waals surface area contributed by atoms with Crippen molar-refractivity contribution in [3.8, 4) is 0 Å². The van der Waals surface area contributed by atoms with Gasteiger partial charge < -0.3 is 9.47 Å². The van der Waals surface area contributed by atoms with Crippen LogP contribution in [0.4, 0.5) is 0 Å². The van der Waals surface area contributed by atoms with Gasteiger partial charge in [0, 0.05) is 10.8 Å². The van der Waals surface area contributed by atoms with Crippen molar-refractivity contribution in [1.29, 1.82) is 0 Å². The maximum Gasteiger partial charge on any atom is 0.346 e. The Hall–Kier alpha value is -1.99. The van der Waals surface area contributed by atoms with E-state index in [1.807, 2.05) is 0 Å². The summed E-state index contributed by atoms with van der Waals surface area (Å²) in [5.74, 6) is -1.95. The number of carbonyl (C=O) groups excluding carboxylic acids is 3. The van der Waals surface area contributed by atoms with E-state index in [1.54, 1.807) is 47.5 Å². The summed E-state index contributed by atoms with van der Waals surface area (Å²) < 4.78 is 9.92. The van der Waals surface area contributed by atoms with Crippen molar-refractivity contribution in [2.75, 3.05) is 6.61 Å². The van der Waals surface area contributed by atoms with Crippen LogP contribution in [0.25, 0.3) is 0 Å². The Morgan fingerprint density at radius 2 is 1.55 bits per heavy atom. The Labute approximate surface area is 135 Å². The summed E-state index contributed by atoms with van der Waals surface area (Å²) in [5.41, 5.74) is -0.356. The molecule has 0 aliphatic heterocycles. The Balaban J connectivity index is 1.90. The number of hydrogen-bond acceptors (Lipinski definition) is 7. The molecule has 0 aromatic carbocycles. The molecule has 0 atom stereocenters. The SMILES string of the molecule is CC(C)(COC(=O)c1ccsc1)C(=O)OC(=O)c1ccsc1. The summed E-state index contributed by atoms with van der Waals surface area (Å²) >= 11 is 2.71. The van der Waals surface area contributed by atoms with Gasteiger partial charge in [-0.1, -0.05) is 0 Å². The number of rotatable bonds is 5. The second-order valence-corrected chi connectivity index (χ2v) is 6.72. The van der Waals surface area contributed by atoms with Crippen LogP contribution in [0.2, 0.25) is 0 Å². The first-order valence-electron chi connectivity index (χ1n) is 6.38. The van der Waals surface area contributed by atoms with Crippen molar-refractivity contribution >= 4 is 40.6 Å². The molecule has 116 valence electrons. The summed E-state index contributed by atoms with van der Waals surface area (Å²) in [6.07, 6.45) is 0. The standard InChI is InChI=1S/C15H14O5S2/c1-15(2,9-19-12(16)10-3-5-21-7-10)14(18)20-13(17)11-4-6-22-8-11/h3-8H,9H2,1-2H3. The Bertz CT molecular complexity index is 656. The Morgan fingerprint density at radius 3 is 2.05 bits per heavy atom. The molecule has 0 unspecified atom stereocenters. The van der Waals surface area contributed by atoms with Crippen molar-refractivity contribution < 1.29 is 23.9 Å². The zero-order valence-corrected chi connectivity index (χ0v) is 13.7. The van der Waals surface area contributed by atoms with E-state index < -0.39 is 23.3 Å². The van der Waals surface area contributed by atoms with Crippen molar-refractivity contribution in [2.45, 2.75) is 13.8 Å². The highest BCUT2D eigenvalue weighted by Gasteiger charge is 2.33. The van der Waals surface area contributed by atoms with Crippen LogP contribution in [-0.4, -0.2) is 24.5 Å². The van der Waals surface area contributed by atoms with Crippen molar-refractivity contribution in [1.82, 2.24) is 0 Å². The fourth-order valence-electron chi connectivity index (χ4n) is 1.43. The third kappa shape index (κ3) is 4.02. The van der Waals surface area contributed by atoms with Crippen molar-refractivity contribution in [2.24, 2.45) is 5.41 Å². The summed E-state index contributed by atoms with van der Waals surface area (Å²) in [6.45, 7) is 2.94. The predicted octanol–water partition coefficient (Wildman–Crippen LogP) is 3.38. The number of hydrogen-bond donors (Lipinski definition) is 0. The third-order valence-corrected chi connectivity index (χ3v) is 4.18. The molecule has 0 spiro atoms. The number of ether oxygens (including phenoxy) is 2. The fraction of sp³-hybridized carbons (Fsp3) is 0.267. The smallest absolute Gasteiger partial charge is 0.346 e. The highest BCUT2D eigenvalue weighted by molar-refractivity contribution is 7.08. The zero-order chi connectivity index (χ0) is 16.2. The van der Waals surface area contributed by atoms with E-state index in [-0.39, 0.29) is 6.61 Å². The highest BCUT2D eigenvalue weighted by Crippen LogP contribution is 2.20. The number of thiophene rings is 2. The monoisotopic (exact) mass is 338 g/mol. The first-order chi connectivity index (χ1) is 10.4. The molecular weight excluding hydrogens is 324 g/mol. The molecule has 0 aliphatic rings. The fourth-order valence-corrected chi connectivity index (χ4v) is 2.68. The average Bonchev–Trinajstić information content (AvgIpc) is 3.16. The van der Waals surface area contributed by atoms with Gasteiger partial charge in [-0.3, -0.25) is 4.79 Å². The van der Waals surface area contributed by atoms with Crippen LogP contribution in [0.3, 0.4) is 0 Å². The molecule has 2 heterocycles. The number of esters is 3. The van der Waals surface area contributed by atoms with Crippen LogP contribution in [0.15, 0.2) is 33.7 Å². The van der Waals surface area contributed by atoms with Gasteiger partial charge in [0.05, 0.1) is 16.5 Å². The average molecular weight is 338 g/mol. The molecule has 5 nitrogen and oxygen atoms in total. The predicted molar refractivity (Wildman–Crippen MR) is 83.1 cm³/mol. The van der Waals surface area contributed by atoms with E-state index in [2.05, 4.69) is 0 Å². The number of carbonyl (C=O) groups is 3. The van der Waals surface area contributed by atoms with E-state index in [0.29, 0.717) is 11.1 Å². The first-order valence-corrected chi connectivity index (χ1v) is 8.27. The second-order valence-electron chi connectivity index (χ2n) is 5.16. The third-order valence-electron chi connectivity index (χ3n) is 2.82. The summed E-state index contributed by atoms with van der Waals surface area (Å²) in [7, 11) is 0. The minimum atomic E-state index is -1.11. The molecule has 0 amide bonds. The van der Waals surface area contributed by atoms with Crippen LogP contribution in [0, 0.1) is 5.41 Å². The van der Waals surface area contributed by atoms with Gasteiger partial charge in [0.15, 0.2) is 0 Å². The molecular formula is C15H14O5S2. The van der Waals surface area contributed by atoms with E-state index >= 15 is 0 Å². The molecule has 2 aromatic rings. The highest BCUT2D eigenvalue weighted by atomic mass is 32.1. The summed E-state index contributed by atoms with van der Waals surface area (Å²) in [5, 5.41) is 6.73. The van der Waals surface area contributed by atoms with Crippen molar-refractivity contribution in [3.63, 3.8) is 0 Å². The topological polar surface area (TPSA) is 69.7 Å². The lowest BCUT2D eigenvalue weighted by Gasteiger charge is -2.21. The Kier molecular flexibility index (Phi) is 5.10. The van der Waals surface area contributed by atoms with Crippen LogP contribution < -0.4 is 0 Å². The van der Waals surface area contributed by atoms with Crippen LogP contribution in [-0.2, 0) is 14.3 Å². The van der Waals surface area contributed by atoms with E-state index in [1.165, 1.54) is 22.7 Å². The molecule has 0 radical (unpaired) electrons. The largest absolute Gasteiger partial charge is 0.461 e. The van der Waals surface area contributed by atoms with Gasteiger partial charge in [-0.05, 0) is 36.7 Å². The van der Waals surface area contributed by atoms with Gasteiger partial charge in [-0.15, -0.1) is 0 Å². The van der Waals surface area contributed by atoms with Crippen LogP contribution in [0.1, 0.15) is 34.6 Å². The van der Waals surface area contributed by atoms with E-state index in [9.17, 15) is 14.4 Å². The molecule has 0 bridgehead atoms. The van der Waals surface area contributed by atoms with Gasteiger partial charge in [0.25, 0.3) is 0 Å². The molecule has 0 aliphatic carbocycles. The lowest BCUT2D eigenvalue weighted by atomic mass is 9.95. The molecule has 0 saturated carbocycles. The van der Waals surface area contributed by atoms with E-state index in [0.717, 1.165) is 0 Å². The van der Waals surface area contributed by atoms with Gasteiger partial charge >= 0.3 is 17.9 Å². The molecule has 7 heteroatoms. The molecule has 0 saturated heterocycles. The first kappa shape index (κ1) is 16.4. The second kappa shape index (κ2) is 6.85. The quantitative estimate of drug-likeness (QED) is 0.617. The van der Waals surface area contributed by atoms with Crippen LogP contribution in [0.5, 0.6) is 0 Å². The molecule has 0 fully saturated rings. The van der Waals surface area contributed by atoms with Gasteiger partial charge in [0.1, 0.15) is 6.61 Å². The van der Waals surface area contributed by atoms with Crippen molar-refractivity contribution in [3.05, 3.63) is 44.8 Å². The molecule has 22 heavy (non-hydrogen) atoms. The van der Waals surface area contributed by atoms with Gasteiger partial charge in [0.2, 0.25) is 0 Å². The maximum atomic E-state index is 12.0. The molecule has 2 aromatic heterocycles. The summed E-state index contributed by atoms with van der Waals surface area (Å²) in [4.78, 5) is 35.5. The molecule has 0 N–H and O–H groups in total. The van der Waals surface area contributed by atoms with Gasteiger partial charge in [-0.25, -0.2) is 9.59 Å². The minimum Gasteiger partial charge on any atom is -0.461 e. The van der Waals surface area contributed by atoms with E-state index in [4.69, 9.17) is 9.47 Å². The minimum absolute atomic E-state index is 0.169. The van der Waals surface area contributed by atoms with Crippen LogP contribution >= 0.6 is 22.7 Å².